The predicted molar refractivity (Wildman–Crippen MR) is 78.9 cm³/mol. The van der Waals surface area contributed by atoms with E-state index < -0.39 is 15.8 Å². The van der Waals surface area contributed by atoms with Crippen molar-refractivity contribution in [1.82, 2.24) is 4.31 Å². The number of hydrogen-bond acceptors (Lipinski definition) is 5. The third-order valence-electron chi connectivity index (χ3n) is 3.98. The van der Waals surface area contributed by atoms with Gasteiger partial charge in [-0.2, -0.15) is 4.31 Å². The Kier molecular flexibility index (Phi) is 3.92. The number of nitrogens with zero attached hydrogens (tertiary/aromatic N) is 1. The van der Waals surface area contributed by atoms with Gasteiger partial charge in [0.15, 0.2) is 5.79 Å². The summed E-state index contributed by atoms with van der Waals surface area (Å²) in [7, 11) is -3.43. The van der Waals surface area contributed by atoms with E-state index in [9.17, 15) is 8.42 Å². The van der Waals surface area contributed by atoms with Crippen LogP contribution in [0, 0.1) is 0 Å². The number of benzene rings is 1. The zero-order valence-electron chi connectivity index (χ0n) is 11.8. The summed E-state index contributed by atoms with van der Waals surface area (Å²) in [5.74, 6) is -0.830. The summed E-state index contributed by atoms with van der Waals surface area (Å²) in [6, 6.07) is 7.05. The molecule has 0 unspecified atom stereocenters. The average Bonchev–Trinajstić information content (AvgIpc) is 2.89. The molecule has 7 heteroatoms. The van der Waals surface area contributed by atoms with Crippen LogP contribution in [0.25, 0.3) is 0 Å². The molecule has 3 rings (SSSR count). The van der Waals surface area contributed by atoms with Crippen LogP contribution in [0.15, 0.2) is 24.3 Å². The van der Waals surface area contributed by atoms with Crippen LogP contribution in [0.1, 0.15) is 18.4 Å². The first-order valence-corrected chi connectivity index (χ1v) is 8.71. The summed E-state index contributed by atoms with van der Waals surface area (Å²) >= 11 is 0. The minimum atomic E-state index is -3.43. The van der Waals surface area contributed by atoms with Crippen LogP contribution in [0.3, 0.4) is 0 Å². The van der Waals surface area contributed by atoms with Gasteiger partial charge in [0.25, 0.3) is 0 Å². The van der Waals surface area contributed by atoms with E-state index in [1.54, 1.807) is 24.3 Å². The summed E-state index contributed by atoms with van der Waals surface area (Å²) in [5.41, 5.74) is 6.97. The highest BCUT2D eigenvalue weighted by atomic mass is 32.2. The van der Waals surface area contributed by atoms with Crippen molar-refractivity contribution >= 4 is 15.7 Å². The standard InChI is InChI=1S/C14H20N2O4S/c15-13-5-2-1-4-12(13)10-21(17,18)16-7-3-6-14(11-16)19-8-9-20-14/h1-2,4-5H,3,6-11,15H2. The number of anilines is 1. The van der Waals surface area contributed by atoms with Gasteiger partial charge in [-0.15, -0.1) is 0 Å². The van der Waals surface area contributed by atoms with E-state index in [1.165, 1.54) is 4.31 Å². The van der Waals surface area contributed by atoms with Crippen LogP contribution >= 0.6 is 0 Å². The van der Waals surface area contributed by atoms with Crippen LogP contribution < -0.4 is 5.73 Å². The van der Waals surface area contributed by atoms with Crippen molar-refractivity contribution in [2.75, 3.05) is 32.0 Å². The van der Waals surface area contributed by atoms with Crippen molar-refractivity contribution in [1.29, 1.82) is 0 Å². The number of para-hydroxylation sites is 1. The Morgan fingerprint density at radius 2 is 1.95 bits per heavy atom. The fourth-order valence-corrected chi connectivity index (χ4v) is 4.51. The normalized spacial score (nSPS) is 22.7. The van der Waals surface area contributed by atoms with Crippen molar-refractivity contribution in [2.45, 2.75) is 24.4 Å². The molecule has 2 aliphatic rings. The number of sulfonamides is 1. The smallest absolute Gasteiger partial charge is 0.218 e. The summed E-state index contributed by atoms with van der Waals surface area (Å²) in [5, 5.41) is 0. The first-order chi connectivity index (χ1) is 10.0. The molecule has 0 atom stereocenters. The largest absolute Gasteiger partial charge is 0.398 e. The minimum Gasteiger partial charge on any atom is -0.398 e. The molecule has 116 valence electrons. The second-order valence-corrected chi connectivity index (χ2v) is 7.47. The molecule has 0 aromatic heterocycles. The van der Waals surface area contributed by atoms with Crippen LogP contribution in [0.5, 0.6) is 0 Å². The highest BCUT2D eigenvalue weighted by Crippen LogP contribution is 2.32. The van der Waals surface area contributed by atoms with E-state index in [1.807, 2.05) is 0 Å². The lowest BCUT2D eigenvalue weighted by molar-refractivity contribution is -0.179. The van der Waals surface area contributed by atoms with Crippen molar-refractivity contribution in [3.63, 3.8) is 0 Å². The number of piperidine rings is 1. The van der Waals surface area contributed by atoms with E-state index in [4.69, 9.17) is 15.2 Å². The number of nitrogen functional groups attached to an aromatic ring is 1. The minimum absolute atomic E-state index is 0.0875. The van der Waals surface area contributed by atoms with Crippen molar-refractivity contribution in [3.05, 3.63) is 29.8 Å². The Hall–Kier alpha value is -1.15. The Bertz CT molecular complexity index is 611. The molecule has 2 aliphatic heterocycles. The fraction of sp³-hybridized carbons (Fsp3) is 0.571. The Morgan fingerprint density at radius 3 is 2.67 bits per heavy atom. The maximum Gasteiger partial charge on any atom is 0.218 e. The lowest BCUT2D eigenvalue weighted by Crippen LogP contribution is -2.51. The van der Waals surface area contributed by atoms with E-state index in [-0.39, 0.29) is 12.3 Å². The first kappa shape index (κ1) is 14.8. The van der Waals surface area contributed by atoms with E-state index in [0.29, 0.717) is 31.0 Å². The predicted octanol–water partition coefficient (Wildman–Crippen LogP) is 0.937. The molecular formula is C14H20N2O4S. The second-order valence-electron chi connectivity index (χ2n) is 5.50. The zero-order valence-corrected chi connectivity index (χ0v) is 12.6. The summed E-state index contributed by atoms with van der Waals surface area (Å²) in [6.07, 6.45) is 1.48. The highest BCUT2D eigenvalue weighted by Gasteiger charge is 2.43. The molecule has 0 aliphatic carbocycles. The number of ether oxygens (including phenoxy) is 2. The van der Waals surface area contributed by atoms with Crippen molar-refractivity contribution < 1.29 is 17.9 Å². The zero-order chi connectivity index (χ0) is 14.9. The molecular weight excluding hydrogens is 292 g/mol. The lowest BCUT2D eigenvalue weighted by atomic mass is 10.1. The molecule has 1 aromatic carbocycles. The van der Waals surface area contributed by atoms with E-state index >= 15 is 0 Å². The van der Waals surface area contributed by atoms with Gasteiger partial charge in [0, 0.05) is 18.7 Å². The van der Waals surface area contributed by atoms with Crippen molar-refractivity contribution in [2.24, 2.45) is 0 Å². The topological polar surface area (TPSA) is 81.9 Å². The summed E-state index contributed by atoms with van der Waals surface area (Å²) in [4.78, 5) is 0. The number of rotatable bonds is 3. The molecule has 21 heavy (non-hydrogen) atoms. The van der Waals surface area contributed by atoms with Gasteiger partial charge in [0.1, 0.15) is 0 Å². The Balaban J connectivity index is 1.77. The molecule has 1 aromatic rings. The SMILES string of the molecule is Nc1ccccc1CS(=O)(=O)N1CCCC2(C1)OCCO2. The maximum absolute atomic E-state index is 12.6. The molecule has 0 saturated carbocycles. The molecule has 1 spiro atoms. The van der Waals surface area contributed by atoms with Crippen molar-refractivity contribution in [3.8, 4) is 0 Å². The highest BCUT2D eigenvalue weighted by molar-refractivity contribution is 7.88. The molecule has 2 heterocycles. The molecule has 2 saturated heterocycles. The molecule has 2 N–H and O–H groups in total. The van der Waals surface area contributed by atoms with Gasteiger partial charge >= 0.3 is 0 Å². The monoisotopic (exact) mass is 312 g/mol. The Morgan fingerprint density at radius 1 is 1.24 bits per heavy atom. The molecule has 2 fully saturated rings. The van der Waals surface area contributed by atoms with Crippen LogP contribution in [-0.4, -0.2) is 44.8 Å². The third-order valence-corrected chi connectivity index (χ3v) is 5.76. The quantitative estimate of drug-likeness (QED) is 0.840. The molecule has 0 radical (unpaired) electrons. The molecule has 0 bridgehead atoms. The molecule has 6 nitrogen and oxygen atoms in total. The molecule has 0 amide bonds. The van der Waals surface area contributed by atoms with Crippen LogP contribution in [0.2, 0.25) is 0 Å². The fourth-order valence-electron chi connectivity index (χ4n) is 2.88. The summed E-state index contributed by atoms with van der Waals surface area (Å²) in [6.45, 7) is 1.82. The van der Waals surface area contributed by atoms with Crippen LogP contribution in [0.4, 0.5) is 5.69 Å². The lowest BCUT2D eigenvalue weighted by Gasteiger charge is -2.37. The number of hydrogen-bond donors (Lipinski definition) is 1. The second kappa shape index (κ2) is 5.57. The Labute approximate surface area is 124 Å². The van der Waals surface area contributed by atoms with Gasteiger partial charge in [0.05, 0.1) is 25.5 Å². The van der Waals surface area contributed by atoms with Gasteiger partial charge in [-0.3, -0.25) is 0 Å². The van der Waals surface area contributed by atoms with E-state index in [0.717, 1.165) is 12.8 Å². The average molecular weight is 312 g/mol. The van der Waals surface area contributed by atoms with E-state index in [2.05, 4.69) is 0 Å². The van der Waals surface area contributed by atoms with Crippen LogP contribution in [-0.2, 0) is 25.2 Å². The first-order valence-electron chi connectivity index (χ1n) is 7.10. The third kappa shape index (κ3) is 3.06. The van der Waals surface area contributed by atoms with Gasteiger partial charge in [-0.1, -0.05) is 18.2 Å². The maximum atomic E-state index is 12.6. The summed E-state index contributed by atoms with van der Waals surface area (Å²) < 4.78 is 37.9. The van der Waals surface area contributed by atoms with Gasteiger partial charge < -0.3 is 15.2 Å². The number of nitrogens with two attached hydrogens (primary N) is 1. The van der Waals surface area contributed by atoms with Gasteiger partial charge in [0.2, 0.25) is 10.0 Å². The van der Waals surface area contributed by atoms with Gasteiger partial charge in [-0.25, -0.2) is 8.42 Å². The van der Waals surface area contributed by atoms with Gasteiger partial charge in [-0.05, 0) is 18.1 Å².